The Morgan fingerprint density at radius 1 is 1.50 bits per heavy atom. The van der Waals surface area contributed by atoms with E-state index in [1.165, 1.54) is 0 Å². The summed E-state index contributed by atoms with van der Waals surface area (Å²) in [6.45, 7) is 5.27. The van der Waals surface area contributed by atoms with E-state index < -0.39 is 9.84 Å². The zero-order chi connectivity index (χ0) is 14.9. The number of nitrogens with zero attached hydrogens (tertiary/aromatic N) is 1. The van der Waals surface area contributed by atoms with Gasteiger partial charge in [-0.1, -0.05) is 12.1 Å². The van der Waals surface area contributed by atoms with Crippen molar-refractivity contribution in [3.8, 4) is 0 Å². The largest absolute Gasteiger partial charge is 0.384 e. The number of nitrogens with one attached hydrogen (secondary N) is 1. The molecule has 1 aromatic carbocycles. The van der Waals surface area contributed by atoms with Crippen molar-refractivity contribution in [1.82, 2.24) is 4.90 Å². The molecule has 20 heavy (non-hydrogen) atoms. The fourth-order valence-corrected chi connectivity index (χ4v) is 4.15. The zero-order valence-corrected chi connectivity index (χ0v) is 12.7. The van der Waals surface area contributed by atoms with Crippen molar-refractivity contribution in [2.24, 2.45) is 5.73 Å². The van der Waals surface area contributed by atoms with Gasteiger partial charge in [0.2, 0.25) is 0 Å². The minimum atomic E-state index is -2.87. The van der Waals surface area contributed by atoms with Gasteiger partial charge >= 0.3 is 0 Å². The number of nitrogens with two attached hydrogens (primary N) is 1. The van der Waals surface area contributed by atoms with Crippen LogP contribution in [0, 0.1) is 12.3 Å². The van der Waals surface area contributed by atoms with Gasteiger partial charge in [0.25, 0.3) is 0 Å². The van der Waals surface area contributed by atoms with E-state index in [0.717, 1.165) is 23.2 Å². The quantitative estimate of drug-likeness (QED) is 0.640. The lowest BCUT2D eigenvalue weighted by Gasteiger charge is -2.33. The third-order valence-corrected chi connectivity index (χ3v) is 5.63. The first-order chi connectivity index (χ1) is 9.28. The Bertz CT molecular complexity index is 625. The number of amidine groups is 1. The maximum atomic E-state index is 11.6. The lowest BCUT2D eigenvalue weighted by molar-refractivity contribution is 0.218. The Balaban J connectivity index is 2.13. The Morgan fingerprint density at radius 3 is 2.75 bits per heavy atom. The van der Waals surface area contributed by atoms with Crippen LogP contribution in [0.15, 0.2) is 18.2 Å². The van der Waals surface area contributed by atoms with Gasteiger partial charge in [0, 0.05) is 24.7 Å². The fourth-order valence-electron chi connectivity index (χ4n) is 2.53. The van der Waals surface area contributed by atoms with Gasteiger partial charge < -0.3 is 5.73 Å². The lowest BCUT2D eigenvalue weighted by Crippen LogP contribution is -2.46. The summed E-state index contributed by atoms with van der Waals surface area (Å²) in [6, 6.07) is 5.77. The highest BCUT2D eigenvalue weighted by Gasteiger charge is 2.28. The Morgan fingerprint density at radius 2 is 2.20 bits per heavy atom. The summed E-state index contributed by atoms with van der Waals surface area (Å²) in [5.41, 5.74) is 8.43. The predicted octanol–water partition coefficient (Wildman–Crippen LogP) is 0.898. The molecular formula is C14H21N3O2S. The molecule has 1 fully saturated rings. The number of hydrogen-bond acceptors (Lipinski definition) is 4. The third-order valence-electron chi connectivity index (χ3n) is 3.84. The van der Waals surface area contributed by atoms with Gasteiger partial charge in [0.15, 0.2) is 9.84 Å². The second-order valence-corrected chi connectivity index (χ2v) is 7.72. The van der Waals surface area contributed by atoms with Crippen LogP contribution in [0.25, 0.3) is 0 Å². The average molecular weight is 295 g/mol. The van der Waals surface area contributed by atoms with Crippen LogP contribution in [0.3, 0.4) is 0 Å². The van der Waals surface area contributed by atoms with Crippen LogP contribution in [-0.4, -0.2) is 43.2 Å². The van der Waals surface area contributed by atoms with Crippen molar-refractivity contribution in [3.63, 3.8) is 0 Å². The van der Waals surface area contributed by atoms with Crippen LogP contribution in [0.4, 0.5) is 0 Å². The van der Waals surface area contributed by atoms with E-state index in [2.05, 4.69) is 4.90 Å². The van der Waals surface area contributed by atoms with E-state index in [4.69, 9.17) is 11.1 Å². The van der Waals surface area contributed by atoms with Crippen LogP contribution in [0.5, 0.6) is 0 Å². The number of aryl methyl sites for hydroxylation is 1. The highest BCUT2D eigenvalue weighted by atomic mass is 32.2. The molecule has 3 N–H and O–H groups in total. The van der Waals surface area contributed by atoms with E-state index >= 15 is 0 Å². The Labute approximate surface area is 120 Å². The highest BCUT2D eigenvalue weighted by molar-refractivity contribution is 7.91. The van der Waals surface area contributed by atoms with Crippen LogP contribution in [0.2, 0.25) is 0 Å². The molecule has 0 radical (unpaired) electrons. The maximum absolute atomic E-state index is 11.6. The van der Waals surface area contributed by atoms with E-state index in [0.29, 0.717) is 6.54 Å². The standard InChI is InChI=1S/C14H21N3O2S/c1-10-7-12(14(15)16)3-4-13(10)8-17-5-6-20(18,19)9-11(17)2/h3-4,7,11H,5-6,8-9H2,1-2H3,(H3,15,16). The fraction of sp³-hybridized carbons (Fsp3) is 0.500. The van der Waals surface area contributed by atoms with Crippen LogP contribution < -0.4 is 5.73 Å². The number of nitrogen functional groups attached to an aromatic ring is 1. The second-order valence-electron chi connectivity index (χ2n) is 5.49. The van der Waals surface area contributed by atoms with E-state index in [-0.39, 0.29) is 23.4 Å². The molecule has 0 aliphatic carbocycles. The van der Waals surface area contributed by atoms with Gasteiger partial charge in [-0.25, -0.2) is 8.42 Å². The summed E-state index contributed by atoms with van der Waals surface area (Å²) in [4.78, 5) is 2.19. The van der Waals surface area contributed by atoms with Crippen LogP contribution in [-0.2, 0) is 16.4 Å². The van der Waals surface area contributed by atoms with Crippen LogP contribution in [0.1, 0.15) is 23.6 Å². The smallest absolute Gasteiger partial charge is 0.153 e. The molecule has 1 aliphatic rings. The Hall–Kier alpha value is -1.40. The topological polar surface area (TPSA) is 87.2 Å². The first-order valence-electron chi connectivity index (χ1n) is 6.67. The van der Waals surface area contributed by atoms with Gasteiger partial charge in [0.05, 0.1) is 11.5 Å². The Kier molecular flexibility index (Phi) is 4.15. The molecule has 0 saturated carbocycles. The highest BCUT2D eigenvalue weighted by Crippen LogP contribution is 2.18. The van der Waals surface area contributed by atoms with Crippen molar-refractivity contribution in [3.05, 3.63) is 34.9 Å². The molecular weight excluding hydrogens is 274 g/mol. The monoisotopic (exact) mass is 295 g/mol. The number of hydrogen-bond donors (Lipinski definition) is 2. The lowest BCUT2D eigenvalue weighted by atomic mass is 10.0. The van der Waals surface area contributed by atoms with Crippen molar-refractivity contribution in [2.45, 2.75) is 26.4 Å². The summed E-state index contributed by atoms with van der Waals surface area (Å²) in [6.07, 6.45) is 0. The second kappa shape index (κ2) is 5.54. The molecule has 0 bridgehead atoms. The molecule has 0 amide bonds. The molecule has 1 saturated heterocycles. The molecule has 1 aromatic rings. The molecule has 1 unspecified atom stereocenters. The maximum Gasteiger partial charge on any atom is 0.153 e. The first-order valence-corrected chi connectivity index (χ1v) is 8.49. The van der Waals surface area contributed by atoms with Gasteiger partial charge in [-0.3, -0.25) is 10.3 Å². The van der Waals surface area contributed by atoms with Crippen molar-refractivity contribution >= 4 is 15.7 Å². The van der Waals surface area contributed by atoms with Gasteiger partial charge in [-0.2, -0.15) is 0 Å². The predicted molar refractivity (Wildman–Crippen MR) is 80.7 cm³/mol. The SMILES string of the molecule is Cc1cc(C(=N)N)ccc1CN1CCS(=O)(=O)CC1C. The molecule has 2 rings (SSSR count). The molecule has 5 nitrogen and oxygen atoms in total. The number of benzene rings is 1. The van der Waals surface area contributed by atoms with Gasteiger partial charge in [-0.15, -0.1) is 0 Å². The van der Waals surface area contributed by atoms with Gasteiger partial charge in [0.1, 0.15) is 5.84 Å². The minimum absolute atomic E-state index is 0.0423. The van der Waals surface area contributed by atoms with Crippen molar-refractivity contribution in [1.29, 1.82) is 5.41 Å². The van der Waals surface area contributed by atoms with E-state index in [1.54, 1.807) is 0 Å². The molecule has 0 aromatic heterocycles. The van der Waals surface area contributed by atoms with Crippen molar-refractivity contribution < 1.29 is 8.42 Å². The summed E-state index contributed by atoms with van der Waals surface area (Å²) < 4.78 is 23.2. The molecule has 0 spiro atoms. The first kappa shape index (κ1) is 15.0. The van der Waals surface area contributed by atoms with Crippen molar-refractivity contribution in [2.75, 3.05) is 18.1 Å². The average Bonchev–Trinajstić information content (AvgIpc) is 2.33. The summed E-state index contributed by atoms with van der Waals surface area (Å²) in [5.74, 6) is 0.538. The molecule has 6 heteroatoms. The molecule has 1 atom stereocenters. The molecule has 110 valence electrons. The minimum Gasteiger partial charge on any atom is -0.384 e. The zero-order valence-electron chi connectivity index (χ0n) is 11.9. The normalized spacial score (nSPS) is 22.6. The van der Waals surface area contributed by atoms with E-state index in [9.17, 15) is 8.42 Å². The number of rotatable bonds is 3. The summed E-state index contributed by atoms with van der Waals surface area (Å²) in [7, 11) is -2.87. The summed E-state index contributed by atoms with van der Waals surface area (Å²) >= 11 is 0. The molecule has 1 aliphatic heterocycles. The molecule has 1 heterocycles. The summed E-state index contributed by atoms with van der Waals surface area (Å²) in [5, 5.41) is 7.43. The third kappa shape index (κ3) is 3.37. The van der Waals surface area contributed by atoms with E-state index in [1.807, 2.05) is 32.0 Å². The van der Waals surface area contributed by atoms with Gasteiger partial charge in [-0.05, 0) is 31.0 Å². The van der Waals surface area contributed by atoms with Crippen LogP contribution >= 0.6 is 0 Å². The number of sulfone groups is 1.